The van der Waals surface area contributed by atoms with Gasteiger partial charge in [-0.25, -0.2) is 0 Å². The molecule has 0 heterocycles. The Morgan fingerprint density at radius 1 is 1.07 bits per heavy atom. The summed E-state index contributed by atoms with van der Waals surface area (Å²) in [5.74, 6) is 0.685. The lowest BCUT2D eigenvalue weighted by molar-refractivity contribution is 0.0863. The Kier molecular flexibility index (Phi) is 6.17. The third-order valence-electron chi connectivity index (χ3n) is 3.05. The summed E-state index contributed by atoms with van der Waals surface area (Å²) in [4.78, 5) is 0. The molecule has 1 saturated carbocycles. The van der Waals surface area contributed by atoms with Crippen LogP contribution in [0, 0.1) is 5.92 Å². The molecule has 2 unspecified atom stereocenters. The molecule has 0 saturated heterocycles. The molecule has 4 nitrogen and oxygen atoms in total. The maximum absolute atomic E-state index is 9.69. The van der Waals surface area contributed by atoms with E-state index in [1.807, 2.05) is 0 Å². The second-order valence-electron chi connectivity index (χ2n) is 4.53. The molecule has 0 spiro atoms. The van der Waals surface area contributed by atoms with Gasteiger partial charge in [-0.3, -0.25) is 0 Å². The van der Waals surface area contributed by atoms with Crippen molar-refractivity contribution in [3.05, 3.63) is 0 Å². The second-order valence-corrected chi connectivity index (χ2v) is 4.53. The molecule has 0 aliphatic heterocycles. The molecule has 90 valence electrons. The fraction of sp³-hybridized carbons (Fsp3) is 1.00. The van der Waals surface area contributed by atoms with Crippen molar-refractivity contribution in [2.75, 3.05) is 19.7 Å². The summed E-state index contributed by atoms with van der Waals surface area (Å²) in [6.45, 7) is 0.623. The van der Waals surface area contributed by atoms with Crippen molar-refractivity contribution in [2.24, 2.45) is 5.92 Å². The smallest absolute Gasteiger partial charge is 0.0894 e. The predicted octanol–water partition coefficient (Wildman–Crippen LogP) is -0.130. The maximum atomic E-state index is 9.69. The first-order valence-electron chi connectivity index (χ1n) is 5.90. The lowest BCUT2D eigenvalue weighted by Gasteiger charge is -2.16. The molecule has 0 bridgehead atoms. The lowest BCUT2D eigenvalue weighted by Crippen LogP contribution is -2.35. The minimum absolute atomic E-state index is 0.230. The Morgan fingerprint density at radius 3 is 2.27 bits per heavy atom. The van der Waals surface area contributed by atoms with Crippen molar-refractivity contribution in [3.63, 3.8) is 0 Å². The molecule has 0 radical (unpaired) electrons. The van der Waals surface area contributed by atoms with Gasteiger partial charge < -0.3 is 20.6 Å². The Hall–Kier alpha value is -0.160. The average molecular weight is 217 g/mol. The highest BCUT2D eigenvalue weighted by Gasteiger charge is 2.18. The zero-order valence-corrected chi connectivity index (χ0v) is 9.23. The zero-order chi connectivity index (χ0) is 11.1. The second kappa shape index (κ2) is 7.17. The van der Waals surface area contributed by atoms with E-state index in [1.54, 1.807) is 0 Å². The number of hydrogen-bond donors (Lipinski definition) is 4. The summed E-state index contributed by atoms with van der Waals surface area (Å²) in [7, 11) is 0. The van der Waals surface area contributed by atoms with Crippen LogP contribution in [0.5, 0.6) is 0 Å². The van der Waals surface area contributed by atoms with Gasteiger partial charge in [0.25, 0.3) is 0 Å². The van der Waals surface area contributed by atoms with Crippen LogP contribution in [-0.4, -0.2) is 47.2 Å². The van der Waals surface area contributed by atoms with Gasteiger partial charge in [0, 0.05) is 13.1 Å². The van der Waals surface area contributed by atoms with Gasteiger partial charge in [-0.15, -0.1) is 0 Å². The molecule has 1 aliphatic rings. The molecule has 0 amide bonds. The van der Waals surface area contributed by atoms with Crippen LogP contribution >= 0.6 is 0 Å². The van der Waals surface area contributed by atoms with E-state index in [4.69, 9.17) is 10.2 Å². The van der Waals surface area contributed by atoms with E-state index in [1.165, 1.54) is 25.7 Å². The van der Waals surface area contributed by atoms with Crippen molar-refractivity contribution in [1.82, 2.24) is 5.32 Å². The molecule has 15 heavy (non-hydrogen) atoms. The molecular formula is C11H23NO3. The summed E-state index contributed by atoms with van der Waals surface area (Å²) in [5, 5.41) is 30.3. The van der Waals surface area contributed by atoms with Gasteiger partial charge in [0.05, 0.1) is 18.8 Å². The van der Waals surface area contributed by atoms with Crippen LogP contribution in [0.4, 0.5) is 0 Å². The topological polar surface area (TPSA) is 72.7 Å². The van der Waals surface area contributed by atoms with E-state index in [2.05, 4.69) is 5.32 Å². The Morgan fingerprint density at radius 2 is 1.67 bits per heavy atom. The van der Waals surface area contributed by atoms with Crippen LogP contribution in [0.1, 0.15) is 32.1 Å². The van der Waals surface area contributed by atoms with E-state index < -0.39 is 6.10 Å². The third kappa shape index (κ3) is 5.47. The molecule has 0 aromatic heterocycles. The highest BCUT2D eigenvalue weighted by Crippen LogP contribution is 2.28. The first-order chi connectivity index (χ1) is 7.22. The van der Waals surface area contributed by atoms with Gasteiger partial charge in [-0.05, 0) is 12.3 Å². The fourth-order valence-electron chi connectivity index (χ4n) is 2.20. The van der Waals surface area contributed by atoms with E-state index >= 15 is 0 Å². The van der Waals surface area contributed by atoms with Crippen LogP contribution in [0.15, 0.2) is 0 Å². The van der Waals surface area contributed by atoms with Crippen molar-refractivity contribution >= 4 is 0 Å². The van der Waals surface area contributed by atoms with Crippen LogP contribution < -0.4 is 5.32 Å². The zero-order valence-electron chi connectivity index (χ0n) is 9.23. The molecule has 1 fully saturated rings. The molecule has 4 N–H and O–H groups in total. The van der Waals surface area contributed by atoms with Gasteiger partial charge in [-0.2, -0.15) is 0 Å². The van der Waals surface area contributed by atoms with Gasteiger partial charge in [-0.1, -0.05) is 25.7 Å². The minimum Gasteiger partial charge on any atom is -0.394 e. The summed E-state index contributed by atoms with van der Waals surface area (Å²) in [5.41, 5.74) is 0. The average Bonchev–Trinajstić information content (AvgIpc) is 2.70. The van der Waals surface area contributed by atoms with E-state index in [-0.39, 0.29) is 12.7 Å². The first-order valence-corrected chi connectivity index (χ1v) is 5.90. The lowest BCUT2D eigenvalue weighted by atomic mass is 10.00. The Labute approximate surface area is 91.3 Å². The molecule has 0 aromatic carbocycles. The van der Waals surface area contributed by atoms with Crippen molar-refractivity contribution in [3.8, 4) is 0 Å². The van der Waals surface area contributed by atoms with Crippen LogP contribution in [0.3, 0.4) is 0 Å². The number of rotatable bonds is 7. The van der Waals surface area contributed by atoms with Crippen LogP contribution in [0.2, 0.25) is 0 Å². The quantitative estimate of drug-likeness (QED) is 0.479. The summed E-state index contributed by atoms with van der Waals surface area (Å²) in [6, 6.07) is 0. The Bertz CT molecular complexity index is 160. The largest absolute Gasteiger partial charge is 0.394 e. The van der Waals surface area contributed by atoms with Gasteiger partial charge >= 0.3 is 0 Å². The number of nitrogens with one attached hydrogen (secondary N) is 1. The van der Waals surface area contributed by atoms with Crippen molar-refractivity contribution in [1.29, 1.82) is 0 Å². The molecule has 1 aliphatic carbocycles. The fourth-order valence-corrected chi connectivity index (χ4v) is 2.20. The maximum Gasteiger partial charge on any atom is 0.0894 e. The molecule has 1 rings (SSSR count). The summed E-state index contributed by atoms with van der Waals surface area (Å²) in [6.07, 6.45) is 4.92. The van der Waals surface area contributed by atoms with E-state index in [9.17, 15) is 5.11 Å². The van der Waals surface area contributed by atoms with Crippen molar-refractivity contribution < 1.29 is 15.3 Å². The number of aliphatic hydroxyl groups excluding tert-OH is 3. The minimum atomic E-state index is -0.719. The van der Waals surface area contributed by atoms with Gasteiger partial charge in [0.15, 0.2) is 0 Å². The van der Waals surface area contributed by atoms with Crippen molar-refractivity contribution in [2.45, 2.75) is 44.3 Å². The molecule has 2 atom stereocenters. The first kappa shape index (κ1) is 12.9. The highest BCUT2D eigenvalue weighted by atomic mass is 16.3. The van der Waals surface area contributed by atoms with E-state index in [0.29, 0.717) is 19.0 Å². The van der Waals surface area contributed by atoms with Gasteiger partial charge in [0.2, 0.25) is 0 Å². The monoisotopic (exact) mass is 217 g/mol. The SMILES string of the molecule is OCC(O)CNCC(O)CC1CCCC1. The normalized spacial score (nSPS) is 21.8. The predicted molar refractivity (Wildman–Crippen MR) is 58.5 cm³/mol. The summed E-state index contributed by atoms with van der Waals surface area (Å²) >= 11 is 0. The molecular weight excluding hydrogens is 194 g/mol. The molecule has 4 heteroatoms. The van der Waals surface area contributed by atoms with E-state index in [0.717, 1.165) is 6.42 Å². The Balaban J connectivity index is 2.00. The van der Waals surface area contributed by atoms with Crippen LogP contribution in [-0.2, 0) is 0 Å². The third-order valence-corrected chi connectivity index (χ3v) is 3.05. The summed E-state index contributed by atoms with van der Waals surface area (Å²) < 4.78 is 0. The number of aliphatic hydroxyl groups is 3. The standard InChI is InChI=1S/C11H23NO3/c13-8-11(15)7-12-6-10(14)5-9-3-1-2-4-9/h9-15H,1-8H2. The molecule has 0 aromatic rings. The number of hydrogen-bond acceptors (Lipinski definition) is 4. The van der Waals surface area contributed by atoms with Gasteiger partial charge in [0.1, 0.15) is 0 Å². The highest BCUT2D eigenvalue weighted by molar-refractivity contribution is 4.72. The van der Waals surface area contributed by atoms with Crippen LogP contribution in [0.25, 0.3) is 0 Å².